The SMILES string of the molecule is CN1CC(=O)N[C@@H]2CN(C(=O)c3cccc(=O)[nH]3)CC[C@@H]2OCc2cccc(c2)Oc2cccc(c2)CCC1=O. The minimum Gasteiger partial charge on any atom is -0.457 e. The Kier molecular flexibility index (Phi) is 8.26. The van der Waals surface area contributed by atoms with Crippen LogP contribution < -0.4 is 15.6 Å². The molecule has 3 amide bonds. The first-order valence-corrected chi connectivity index (χ1v) is 13.3. The highest BCUT2D eigenvalue weighted by molar-refractivity contribution is 5.92. The number of piperidine rings is 1. The van der Waals surface area contributed by atoms with Crippen molar-refractivity contribution >= 4 is 17.7 Å². The van der Waals surface area contributed by atoms with Gasteiger partial charge in [0.15, 0.2) is 0 Å². The molecule has 3 heterocycles. The van der Waals surface area contributed by atoms with Gasteiger partial charge in [0, 0.05) is 32.6 Å². The number of aromatic nitrogens is 1. The van der Waals surface area contributed by atoms with Crippen LogP contribution in [0.15, 0.2) is 71.5 Å². The molecular formula is C30H32N4O6. The Labute approximate surface area is 231 Å². The Morgan fingerprint density at radius 2 is 1.65 bits per heavy atom. The molecule has 2 aliphatic heterocycles. The van der Waals surface area contributed by atoms with E-state index in [0.717, 1.165) is 11.1 Å². The molecule has 1 aromatic heterocycles. The molecule has 4 bridgehead atoms. The summed E-state index contributed by atoms with van der Waals surface area (Å²) >= 11 is 0. The number of carbonyl (C=O) groups excluding carboxylic acids is 3. The second kappa shape index (κ2) is 12.2. The highest BCUT2D eigenvalue weighted by atomic mass is 16.5. The van der Waals surface area contributed by atoms with Crippen molar-refractivity contribution in [3.8, 4) is 11.5 Å². The van der Waals surface area contributed by atoms with Crippen molar-refractivity contribution in [2.24, 2.45) is 0 Å². The third-order valence-corrected chi connectivity index (χ3v) is 7.11. The number of H-pyrrole nitrogens is 1. The molecule has 0 radical (unpaired) electrons. The molecule has 0 aliphatic carbocycles. The van der Waals surface area contributed by atoms with Crippen LogP contribution >= 0.6 is 0 Å². The maximum absolute atomic E-state index is 13.1. The highest BCUT2D eigenvalue weighted by Gasteiger charge is 2.34. The average Bonchev–Trinajstić information content (AvgIpc) is 2.94. The number of fused-ring (bicyclic) bond motifs is 5. The molecule has 2 aliphatic rings. The maximum atomic E-state index is 13.1. The van der Waals surface area contributed by atoms with Gasteiger partial charge in [0.2, 0.25) is 17.4 Å². The number of nitrogens with zero attached hydrogens (tertiary/aromatic N) is 2. The summed E-state index contributed by atoms with van der Waals surface area (Å²) in [6, 6.07) is 19.2. The molecule has 0 unspecified atom stereocenters. The average molecular weight is 545 g/mol. The number of likely N-dealkylation sites (N-methyl/N-ethyl adjacent to an activating group) is 1. The second-order valence-electron chi connectivity index (χ2n) is 10.1. The van der Waals surface area contributed by atoms with Crippen LogP contribution in [0, 0.1) is 0 Å². The number of likely N-dealkylation sites (tertiary alicyclic amines) is 1. The van der Waals surface area contributed by atoms with Gasteiger partial charge in [0.25, 0.3) is 5.91 Å². The van der Waals surface area contributed by atoms with Gasteiger partial charge in [0.1, 0.15) is 17.2 Å². The van der Waals surface area contributed by atoms with E-state index in [2.05, 4.69) is 10.3 Å². The van der Waals surface area contributed by atoms with Crippen LogP contribution in [0.1, 0.15) is 34.5 Å². The largest absolute Gasteiger partial charge is 0.457 e. The van der Waals surface area contributed by atoms with Gasteiger partial charge in [-0.3, -0.25) is 19.2 Å². The van der Waals surface area contributed by atoms with E-state index in [9.17, 15) is 19.2 Å². The monoisotopic (exact) mass is 544 g/mol. The van der Waals surface area contributed by atoms with Crippen LogP contribution in [-0.2, 0) is 27.4 Å². The number of rotatable bonds is 1. The van der Waals surface area contributed by atoms with Gasteiger partial charge in [-0.1, -0.05) is 30.3 Å². The van der Waals surface area contributed by atoms with Gasteiger partial charge in [-0.05, 0) is 54.3 Å². The van der Waals surface area contributed by atoms with E-state index < -0.39 is 6.04 Å². The van der Waals surface area contributed by atoms with E-state index in [4.69, 9.17) is 9.47 Å². The van der Waals surface area contributed by atoms with Crippen LogP contribution in [0.2, 0.25) is 0 Å². The zero-order chi connectivity index (χ0) is 28.1. The molecule has 2 aromatic carbocycles. The Hall–Kier alpha value is -4.44. The Morgan fingerprint density at radius 3 is 2.42 bits per heavy atom. The smallest absolute Gasteiger partial charge is 0.270 e. The van der Waals surface area contributed by atoms with Crippen LogP contribution in [0.3, 0.4) is 0 Å². The minimum atomic E-state index is -0.512. The molecule has 5 rings (SSSR count). The van der Waals surface area contributed by atoms with Crippen LogP contribution in [-0.4, -0.2) is 71.3 Å². The van der Waals surface area contributed by atoms with Crippen molar-refractivity contribution in [3.63, 3.8) is 0 Å². The summed E-state index contributed by atoms with van der Waals surface area (Å²) in [4.78, 5) is 56.2. The number of pyridine rings is 1. The van der Waals surface area contributed by atoms with Gasteiger partial charge in [0.05, 0.1) is 25.3 Å². The van der Waals surface area contributed by atoms with Gasteiger partial charge in [-0.2, -0.15) is 0 Å². The van der Waals surface area contributed by atoms with E-state index in [1.54, 1.807) is 18.0 Å². The molecule has 1 fully saturated rings. The fourth-order valence-corrected chi connectivity index (χ4v) is 5.00. The number of carbonyl (C=O) groups is 3. The summed E-state index contributed by atoms with van der Waals surface area (Å²) in [5, 5.41) is 2.99. The van der Waals surface area contributed by atoms with Crippen molar-refractivity contribution in [1.82, 2.24) is 20.1 Å². The summed E-state index contributed by atoms with van der Waals surface area (Å²) in [6.07, 6.45) is 0.865. The molecule has 40 heavy (non-hydrogen) atoms. The molecule has 10 nitrogen and oxygen atoms in total. The third-order valence-electron chi connectivity index (χ3n) is 7.11. The predicted molar refractivity (Wildman–Crippen MR) is 147 cm³/mol. The molecule has 10 heteroatoms. The van der Waals surface area contributed by atoms with Crippen LogP contribution in [0.5, 0.6) is 11.5 Å². The molecule has 3 aromatic rings. The first kappa shape index (κ1) is 27.1. The molecule has 2 atom stereocenters. The standard InChI is InChI=1S/C30H32N4O6/c1-33-18-28(36)32-25-17-34(30(38)24-9-4-10-27(35)31-24)14-13-26(25)39-19-21-6-3-8-23(16-21)40-22-7-2-5-20(15-22)11-12-29(33)37/h2-10,15-16,25-26H,11-14,17-19H2,1H3,(H,31,35)(H,32,36)/t25-,26+/m1/s1. The van der Waals surface area contributed by atoms with E-state index in [1.807, 2.05) is 48.5 Å². The molecule has 0 saturated carbocycles. The lowest BCUT2D eigenvalue weighted by Gasteiger charge is -2.39. The van der Waals surface area contributed by atoms with E-state index in [-0.39, 0.29) is 61.2 Å². The normalized spacial score (nSPS) is 20.4. The van der Waals surface area contributed by atoms with E-state index in [1.165, 1.54) is 17.0 Å². The van der Waals surface area contributed by atoms with Crippen molar-refractivity contribution in [3.05, 3.63) is 93.9 Å². The number of amides is 3. The van der Waals surface area contributed by atoms with Gasteiger partial charge in [-0.25, -0.2) is 0 Å². The van der Waals surface area contributed by atoms with Gasteiger partial charge >= 0.3 is 0 Å². The zero-order valence-electron chi connectivity index (χ0n) is 22.3. The minimum absolute atomic E-state index is 0.118. The number of hydrogen-bond donors (Lipinski definition) is 2. The Bertz CT molecular complexity index is 1450. The Morgan fingerprint density at radius 1 is 0.925 bits per heavy atom. The first-order chi connectivity index (χ1) is 19.3. The lowest BCUT2D eigenvalue weighted by atomic mass is 10.0. The lowest BCUT2D eigenvalue weighted by Crippen LogP contribution is -2.58. The van der Waals surface area contributed by atoms with E-state index in [0.29, 0.717) is 30.9 Å². The molecular weight excluding hydrogens is 512 g/mol. The number of aryl methyl sites for hydroxylation is 1. The number of aromatic amines is 1. The number of nitrogens with one attached hydrogen (secondary N) is 2. The fraction of sp³-hybridized carbons (Fsp3) is 0.333. The molecule has 208 valence electrons. The summed E-state index contributed by atoms with van der Waals surface area (Å²) in [6.45, 7) is 0.756. The summed E-state index contributed by atoms with van der Waals surface area (Å²) in [7, 11) is 1.60. The predicted octanol–water partition coefficient (Wildman–Crippen LogP) is 2.49. The summed E-state index contributed by atoms with van der Waals surface area (Å²) in [5.74, 6) is 0.517. The molecule has 2 N–H and O–H groups in total. The lowest BCUT2D eigenvalue weighted by molar-refractivity contribution is -0.135. The Balaban J connectivity index is 1.37. The van der Waals surface area contributed by atoms with Crippen molar-refractivity contribution in [1.29, 1.82) is 0 Å². The quantitative estimate of drug-likeness (QED) is 0.486. The second-order valence-corrected chi connectivity index (χ2v) is 10.1. The van der Waals surface area contributed by atoms with Gasteiger partial charge in [-0.15, -0.1) is 0 Å². The summed E-state index contributed by atoms with van der Waals surface area (Å²) in [5.41, 5.74) is 1.69. The third kappa shape index (κ3) is 6.76. The van der Waals surface area contributed by atoms with Crippen LogP contribution in [0.4, 0.5) is 0 Å². The first-order valence-electron chi connectivity index (χ1n) is 13.3. The van der Waals surface area contributed by atoms with Crippen LogP contribution in [0.25, 0.3) is 0 Å². The number of ether oxygens (including phenoxy) is 2. The highest BCUT2D eigenvalue weighted by Crippen LogP contribution is 2.25. The van der Waals surface area contributed by atoms with E-state index >= 15 is 0 Å². The van der Waals surface area contributed by atoms with Crippen molar-refractivity contribution in [2.45, 2.75) is 38.0 Å². The topological polar surface area (TPSA) is 121 Å². The fourth-order valence-electron chi connectivity index (χ4n) is 5.00. The van der Waals surface area contributed by atoms with Crippen molar-refractivity contribution in [2.75, 3.05) is 26.7 Å². The zero-order valence-corrected chi connectivity index (χ0v) is 22.3. The summed E-state index contributed by atoms with van der Waals surface area (Å²) < 4.78 is 12.4. The van der Waals surface area contributed by atoms with Crippen molar-refractivity contribution < 1.29 is 23.9 Å². The van der Waals surface area contributed by atoms with Gasteiger partial charge < -0.3 is 29.6 Å². The molecule has 1 saturated heterocycles. The maximum Gasteiger partial charge on any atom is 0.270 e. The molecule has 0 spiro atoms. The number of hydrogen-bond acceptors (Lipinski definition) is 6. The number of benzene rings is 2.